The van der Waals surface area contributed by atoms with Crippen LogP contribution in [-0.2, 0) is 9.59 Å². The third-order valence-electron chi connectivity index (χ3n) is 4.83. The van der Waals surface area contributed by atoms with Gasteiger partial charge in [-0.1, -0.05) is 6.07 Å². The van der Waals surface area contributed by atoms with Crippen molar-refractivity contribution in [3.8, 4) is 0 Å². The van der Waals surface area contributed by atoms with Crippen LogP contribution in [0.25, 0.3) is 0 Å². The summed E-state index contributed by atoms with van der Waals surface area (Å²) in [6.07, 6.45) is 1.12. The second-order valence-electron chi connectivity index (χ2n) is 6.22. The molecule has 0 spiro atoms. The summed E-state index contributed by atoms with van der Waals surface area (Å²) in [6, 6.07) is 4.70. The number of Topliss-reactive ketones (excluding diaryl/α,β-unsaturated/α-hetero) is 1. The molecule has 1 unspecified atom stereocenters. The van der Waals surface area contributed by atoms with Crippen molar-refractivity contribution in [1.82, 2.24) is 4.90 Å². The number of ketones is 1. The maximum Gasteiger partial charge on any atom is 0.252 e. The largest absolute Gasteiger partial charge is 0.336 e. The molecule has 4 nitrogen and oxygen atoms in total. The molecule has 1 fully saturated rings. The van der Waals surface area contributed by atoms with Crippen LogP contribution in [0.15, 0.2) is 38.9 Å². The van der Waals surface area contributed by atoms with Crippen molar-refractivity contribution < 1.29 is 14.0 Å². The highest BCUT2D eigenvalue weighted by molar-refractivity contribution is 9.10. The third-order valence-corrected chi connectivity index (χ3v) is 5.44. The molecule has 118 valence electrons. The molecule has 0 radical (unpaired) electrons. The van der Waals surface area contributed by atoms with E-state index in [9.17, 15) is 14.0 Å². The number of aliphatic imine (C=N–C) groups is 1. The fourth-order valence-electron chi connectivity index (χ4n) is 3.78. The highest BCUT2D eigenvalue weighted by Gasteiger charge is 2.48. The van der Waals surface area contributed by atoms with E-state index in [2.05, 4.69) is 20.9 Å². The van der Waals surface area contributed by atoms with E-state index >= 15 is 0 Å². The fraction of sp³-hybridized carbons (Fsp3) is 0.353. The number of nitrogens with zero attached hydrogens (tertiary/aromatic N) is 2. The van der Waals surface area contributed by atoms with Gasteiger partial charge in [-0.25, -0.2) is 4.39 Å². The Kier molecular flexibility index (Phi) is 3.27. The minimum atomic E-state index is -0.387. The molecule has 23 heavy (non-hydrogen) atoms. The molecular formula is C17H14BrFN2O2. The number of rotatable bonds is 1. The first-order chi connectivity index (χ1) is 11.0. The molecule has 0 bridgehead atoms. The smallest absolute Gasteiger partial charge is 0.252 e. The molecular weight excluding hydrogens is 363 g/mol. The van der Waals surface area contributed by atoms with E-state index in [0.717, 1.165) is 17.0 Å². The first-order valence-electron chi connectivity index (χ1n) is 7.51. The topological polar surface area (TPSA) is 49.7 Å². The number of carbonyl (C=O) groups excluding carboxylic acids is 2. The van der Waals surface area contributed by atoms with Crippen molar-refractivity contribution in [2.45, 2.75) is 18.8 Å². The molecule has 1 aromatic carbocycles. The third kappa shape index (κ3) is 2.11. The molecule has 0 saturated heterocycles. The van der Waals surface area contributed by atoms with E-state index in [1.54, 1.807) is 24.1 Å². The van der Waals surface area contributed by atoms with Gasteiger partial charge in [-0.15, -0.1) is 0 Å². The molecule has 2 aliphatic heterocycles. The van der Waals surface area contributed by atoms with Crippen LogP contribution in [0.1, 0.15) is 24.3 Å². The van der Waals surface area contributed by atoms with E-state index < -0.39 is 0 Å². The van der Waals surface area contributed by atoms with Crippen LogP contribution in [0.2, 0.25) is 0 Å². The van der Waals surface area contributed by atoms with Crippen molar-refractivity contribution in [3.63, 3.8) is 0 Å². The number of benzene rings is 1. The number of carbonyl (C=O) groups is 2. The van der Waals surface area contributed by atoms with Crippen molar-refractivity contribution >= 4 is 33.3 Å². The Morgan fingerprint density at radius 3 is 2.78 bits per heavy atom. The van der Waals surface area contributed by atoms with Crippen molar-refractivity contribution in [2.75, 3.05) is 13.6 Å². The molecule has 1 amide bonds. The van der Waals surface area contributed by atoms with Gasteiger partial charge in [-0.2, -0.15) is 0 Å². The van der Waals surface area contributed by atoms with Crippen LogP contribution < -0.4 is 0 Å². The van der Waals surface area contributed by atoms with Crippen molar-refractivity contribution in [2.24, 2.45) is 10.9 Å². The molecule has 2 atom stereocenters. The monoisotopic (exact) mass is 376 g/mol. The highest BCUT2D eigenvalue weighted by atomic mass is 79.9. The minimum Gasteiger partial charge on any atom is -0.336 e. The molecule has 1 aromatic rings. The second-order valence-corrected chi connectivity index (χ2v) is 7.07. The van der Waals surface area contributed by atoms with Gasteiger partial charge in [0.1, 0.15) is 11.6 Å². The zero-order valence-corrected chi connectivity index (χ0v) is 14.1. The van der Waals surface area contributed by atoms with Gasteiger partial charge in [-0.05, 0) is 40.0 Å². The molecule has 1 saturated carbocycles. The quantitative estimate of drug-likeness (QED) is 0.756. The number of likely N-dealkylation sites (N-methyl/N-ethyl adjacent to an activating group) is 1. The van der Waals surface area contributed by atoms with E-state index in [1.807, 2.05) is 0 Å². The maximum absolute atomic E-state index is 13.6. The van der Waals surface area contributed by atoms with Gasteiger partial charge in [0.15, 0.2) is 0 Å². The van der Waals surface area contributed by atoms with E-state index in [-0.39, 0.29) is 29.3 Å². The molecule has 1 aliphatic carbocycles. The van der Waals surface area contributed by atoms with Gasteiger partial charge in [0, 0.05) is 30.7 Å². The van der Waals surface area contributed by atoms with Crippen molar-refractivity contribution in [1.29, 1.82) is 0 Å². The molecule has 4 rings (SSSR count). The predicted octanol–water partition coefficient (Wildman–Crippen LogP) is 2.83. The number of amides is 1. The summed E-state index contributed by atoms with van der Waals surface area (Å²) in [7, 11) is 1.73. The standard InChI is InChI=1S/C17H14BrFN2O2/c1-21-7-12-16(17(21)23)14(8-2-3-10(19)9(18)6-8)15-11(20-12)4-5-13(15)22/h2-3,6,14-15H,4-5,7H2,1H3/t14-,15?/m0/s1. The van der Waals surface area contributed by atoms with Gasteiger partial charge in [0.2, 0.25) is 0 Å². The number of hydrogen-bond donors (Lipinski definition) is 0. The van der Waals surface area contributed by atoms with Gasteiger partial charge >= 0.3 is 0 Å². The van der Waals surface area contributed by atoms with Crippen LogP contribution in [0.4, 0.5) is 4.39 Å². The van der Waals surface area contributed by atoms with Crippen LogP contribution >= 0.6 is 15.9 Å². The number of hydrogen-bond acceptors (Lipinski definition) is 3. The number of fused-ring (bicyclic) bond motifs is 1. The SMILES string of the molecule is CN1CC2=C(C1=O)[C@@H](c1ccc(F)c(Br)c1)C1C(=O)CCC1=N2. The van der Waals surface area contributed by atoms with Gasteiger partial charge < -0.3 is 4.90 Å². The molecule has 3 aliphatic rings. The van der Waals surface area contributed by atoms with Gasteiger partial charge in [0.05, 0.1) is 22.6 Å². The Labute approximate surface area is 141 Å². The summed E-state index contributed by atoms with van der Waals surface area (Å²) in [6.45, 7) is 0.470. The fourth-order valence-corrected chi connectivity index (χ4v) is 4.17. The lowest BCUT2D eigenvalue weighted by Crippen LogP contribution is -2.31. The lowest BCUT2D eigenvalue weighted by atomic mass is 9.76. The Hall–Kier alpha value is -1.82. The van der Waals surface area contributed by atoms with E-state index in [4.69, 9.17) is 0 Å². The Balaban J connectivity index is 1.90. The molecule has 2 heterocycles. The lowest BCUT2D eigenvalue weighted by Gasteiger charge is -2.28. The summed E-state index contributed by atoms with van der Waals surface area (Å²) in [4.78, 5) is 31.2. The molecule has 0 N–H and O–H groups in total. The zero-order valence-electron chi connectivity index (χ0n) is 12.5. The zero-order chi connectivity index (χ0) is 16.3. The predicted molar refractivity (Wildman–Crippen MR) is 86.7 cm³/mol. The molecule has 0 aromatic heterocycles. The highest BCUT2D eigenvalue weighted by Crippen LogP contribution is 2.46. The average molecular weight is 377 g/mol. The Bertz CT molecular complexity index is 815. The summed E-state index contributed by atoms with van der Waals surface area (Å²) < 4.78 is 13.9. The van der Waals surface area contributed by atoms with Gasteiger partial charge in [-0.3, -0.25) is 14.6 Å². The lowest BCUT2D eigenvalue weighted by molar-refractivity contribution is -0.124. The van der Waals surface area contributed by atoms with Crippen molar-refractivity contribution in [3.05, 3.63) is 45.3 Å². The summed E-state index contributed by atoms with van der Waals surface area (Å²) >= 11 is 3.20. The Morgan fingerprint density at radius 1 is 1.26 bits per heavy atom. The van der Waals surface area contributed by atoms with Crippen LogP contribution in [0.3, 0.4) is 0 Å². The first-order valence-corrected chi connectivity index (χ1v) is 8.30. The second kappa shape index (κ2) is 5.09. The van der Waals surface area contributed by atoms with E-state index in [0.29, 0.717) is 29.4 Å². The maximum atomic E-state index is 13.6. The minimum absolute atomic E-state index is 0.0899. The van der Waals surface area contributed by atoms with Crippen LogP contribution in [0, 0.1) is 11.7 Å². The average Bonchev–Trinajstić information content (AvgIpc) is 3.02. The number of halogens is 2. The van der Waals surface area contributed by atoms with Crippen LogP contribution in [-0.4, -0.2) is 35.9 Å². The summed E-state index contributed by atoms with van der Waals surface area (Å²) in [5, 5.41) is 0. The normalized spacial score (nSPS) is 26.6. The molecule has 6 heteroatoms. The summed E-state index contributed by atoms with van der Waals surface area (Å²) in [5.74, 6) is -1.08. The van der Waals surface area contributed by atoms with Crippen LogP contribution in [0.5, 0.6) is 0 Å². The Morgan fingerprint density at radius 2 is 2.04 bits per heavy atom. The first kappa shape index (κ1) is 14.8. The summed E-state index contributed by atoms with van der Waals surface area (Å²) in [5.41, 5.74) is 2.99. The van der Waals surface area contributed by atoms with Gasteiger partial charge in [0.25, 0.3) is 5.91 Å². The van der Waals surface area contributed by atoms with E-state index in [1.165, 1.54) is 6.07 Å².